The molecule has 2 aliphatic heterocycles. The summed E-state index contributed by atoms with van der Waals surface area (Å²) in [5.74, 6) is -1.52. The van der Waals surface area contributed by atoms with Crippen LogP contribution in [0.4, 0.5) is 4.79 Å². The minimum absolute atomic E-state index is 0.0735. The highest BCUT2D eigenvalue weighted by Crippen LogP contribution is 2.40. The Morgan fingerprint density at radius 1 is 1.32 bits per heavy atom. The molecule has 2 amide bonds. The first kappa shape index (κ1) is 17.3. The van der Waals surface area contributed by atoms with Crippen molar-refractivity contribution in [2.24, 2.45) is 0 Å². The molecule has 1 aromatic carbocycles. The van der Waals surface area contributed by atoms with Gasteiger partial charge in [0, 0.05) is 5.75 Å². The number of hydrogen-bond donors (Lipinski definition) is 3. The second-order valence-electron chi connectivity index (χ2n) is 5.51. The lowest BCUT2D eigenvalue weighted by Gasteiger charge is -2.49. The molecular formula is C16H16N2O6S. The van der Waals surface area contributed by atoms with E-state index in [9.17, 15) is 24.6 Å². The number of β-lactam (4-membered cyclic amide) rings is 1. The molecule has 25 heavy (non-hydrogen) atoms. The number of benzene rings is 1. The topological polar surface area (TPSA) is 116 Å². The largest absolute Gasteiger partial charge is 0.477 e. The van der Waals surface area contributed by atoms with Crippen molar-refractivity contribution in [1.29, 1.82) is 0 Å². The molecule has 0 saturated carbocycles. The van der Waals surface area contributed by atoms with Crippen LogP contribution in [-0.4, -0.2) is 56.9 Å². The second kappa shape index (κ2) is 7.16. The number of carboxylic acid groups (broad SMARTS) is 1. The van der Waals surface area contributed by atoms with Crippen LogP contribution in [-0.2, 0) is 20.9 Å². The van der Waals surface area contributed by atoms with Gasteiger partial charge < -0.3 is 20.3 Å². The Morgan fingerprint density at radius 3 is 2.68 bits per heavy atom. The molecule has 0 spiro atoms. The molecule has 1 unspecified atom stereocenters. The van der Waals surface area contributed by atoms with Gasteiger partial charge in [0.1, 0.15) is 23.7 Å². The molecule has 0 bridgehead atoms. The van der Waals surface area contributed by atoms with Gasteiger partial charge in [0.25, 0.3) is 5.91 Å². The number of carbonyl (C=O) groups excluding carboxylic acids is 2. The van der Waals surface area contributed by atoms with Crippen LogP contribution in [0.15, 0.2) is 41.6 Å². The Morgan fingerprint density at radius 2 is 2.04 bits per heavy atom. The van der Waals surface area contributed by atoms with Gasteiger partial charge in [-0.15, -0.1) is 11.8 Å². The number of aliphatic hydroxyl groups is 1. The van der Waals surface area contributed by atoms with Gasteiger partial charge in [-0.2, -0.15) is 0 Å². The van der Waals surface area contributed by atoms with Crippen LogP contribution in [0.2, 0.25) is 0 Å². The van der Waals surface area contributed by atoms with Gasteiger partial charge in [-0.1, -0.05) is 30.3 Å². The predicted molar refractivity (Wildman–Crippen MR) is 88.4 cm³/mol. The van der Waals surface area contributed by atoms with Crippen molar-refractivity contribution in [3.63, 3.8) is 0 Å². The highest BCUT2D eigenvalue weighted by molar-refractivity contribution is 8.00. The minimum atomic E-state index is -1.27. The van der Waals surface area contributed by atoms with E-state index in [0.29, 0.717) is 0 Å². The van der Waals surface area contributed by atoms with Crippen molar-refractivity contribution in [2.75, 3.05) is 12.4 Å². The Labute approximate surface area is 147 Å². The first-order valence-electron chi connectivity index (χ1n) is 7.51. The number of alkyl carbamates (subject to hydrolysis) is 1. The Bertz CT molecular complexity index is 735. The molecule has 1 saturated heterocycles. The van der Waals surface area contributed by atoms with E-state index in [-0.39, 0.29) is 23.6 Å². The molecule has 9 heteroatoms. The van der Waals surface area contributed by atoms with E-state index in [4.69, 9.17) is 4.74 Å². The van der Waals surface area contributed by atoms with Gasteiger partial charge in [-0.05, 0) is 11.1 Å². The lowest BCUT2D eigenvalue weighted by Crippen LogP contribution is -2.70. The number of fused-ring (bicyclic) bond motifs is 1. The quantitative estimate of drug-likeness (QED) is 0.653. The van der Waals surface area contributed by atoms with E-state index in [1.807, 2.05) is 18.2 Å². The van der Waals surface area contributed by atoms with Crippen LogP contribution < -0.4 is 5.32 Å². The number of amides is 2. The third-order valence-corrected chi connectivity index (χ3v) is 5.27. The fraction of sp³-hybridized carbons (Fsp3) is 0.312. The summed E-state index contributed by atoms with van der Waals surface area (Å²) >= 11 is 1.29. The summed E-state index contributed by atoms with van der Waals surface area (Å²) in [6, 6.07) is 8.26. The number of thioether (sulfide) groups is 1. The molecule has 2 atom stereocenters. The number of rotatable bonds is 5. The van der Waals surface area contributed by atoms with Crippen molar-refractivity contribution >= 4 is 29.7 Å². The Hall–Kier alpha value is -2.52. The maximum Gasteiger partial charge on any atom is 0.408 e. The molecule has 0 aliphatic carbocycles. The Kier molecular flexibility index (Phi) is 4.95. The molecule has 3 N–H and O–H groups in total. The molecule has 2 heterocycles. The van der Waals surface area contributed by atoms with E-state index in [1.54, 1.807) is 12.1 Å². The molecule has 132 valence electrons. The van der Waals surface area contributed by atoms with E-state index >= 15 is 0 Å². The van der Waals surface area contributed by atoms with Crippen molar-refractivity contribution in [3.8, 4) is 0 Å². The van der Waals surface area contributed by atoms with Gasteiger partial charge in [0.15, 0.2) is 0 Å². The summed E-state index contributed by atoms with van der Waals surface area (Å²) in [5, 5.41) is 20.5. The molecule has 1 fully saturated rings. The monoisotopic (exact) mass is 364 g/mol. The highest BCUT2D eigenvalue weighted by atomic mass is 32.2. The predicted octanol–water partition coefficient (Wildman–Crippen LogP) is 0.527. The smallest absolute Gasteiger partial charge is 0.408 e. The number of nitrogens with zero attached hydrogens (tertiary/aromatic N) is 1. The second-order valence-corrected chi connectivity index (χ2v) is 6.61. The SMILES string of the molecule is O=C(NC1C(=O)N2C(C(=O)O)=C(CO)CS[C@H]12)OCc1ccccc1. The van der Waals surface area contributed by atoms with Crippen LogP contribution in [0.1, 0.15) is 5.56 Å². The molecule has 2 aliphatic rings. The maximum atomic E-state index is 12.2. The van der Waals surface area contributed by atoms with Crippen LogP contribution in [0.5, 0.6) is 0 Å². The first-order valence-corrected chi connectivity index (χ1v) is 8.56. The summed E-state index contributed by atoms with van der Waals surface area (Å²) in [6.45, 7) is -0.355. The zero-order valence-corrected chi connectivity index (χ0v) is 13.9. The lowest BCUT2D eigenvalue weighted by atomic mass is 10.0. The molecule has 8 nitrogen and oxygen atoms in total. The molecule has 1 aromatic rings. The number of hydrogen-bond acceptors (Lipinski definition) is 6. The van der Waals surface area contributed by atoms with E-state index in [1.165, 1.54) is 11.8 Å². The zero-order valence-electron chi connectivity index (χ0n) is 13.0. The standard InChI is InChI=1S/C16H16N2O6S/c19-6-10-8-25-14-11(13(20)18(14)12(10)15(21)22)17-16(23)24-7-9-4-2-1-3-5-9/h1-5,11,14,19H,6-8H2,(H,17,23)(H,21,22)/t11?,14-/m1/s1. The third kappa shape index (κ3) is 3.33. The molecular weight excluding hydrogens is 348 g/mol. The summed E-state index contributed by atoms with van der Waals surface area (Å²) < 4.78 is 5.08. The average molecular weight is 364 g/mol. The van der Waals surface area contributed by atoms with Crippen molar-refractivity contribution < 1.29 is 29.3 Å². The van der Waals surface area contributed by atoms with Crippen molar-refractivity contribution in [1.82, 2.24) is 10.2 Å². The van der Waals surface area contributed by atoms with Gasteiger partial charge in [0.05, 0.1) is 6.61 Å². The molecule has 0 aromatic heterocycles. The van der Waals surface area contributed by atoms with Crippen LogP contribution in [0.25, 0.3) is 0 Å². The number of aliphatic carboxylic acids is 1. The third-order valence-electron chi connectivity index (χ3n) is 3.93. The summed E-state index contributed by atoms with van der Waals surface area (Å²) in [7, 11) is 0. The van der Waals surface area contributed by atoms with Crippen LogP contribution in [0, 0.1) is 0 Å². The summed E-state index contributed by atoms with van der Waals surface area (Å²) in [5.41, 5.74) is 0.897. The molecule has 0 radical (unpaired) electrons. The average Bonchev–Trinajstić information content (AvgIpc) is 2.63. The number of aliphatic hydroxyl groups excluding tert-OH is 1. The normalized spacial score (nSPS) is 22.1. The summed E-state index contributed by atoms with van der Waals surface area (Å²) in [6.07, 6.45) is -0.740. The number of nitrogens with one attached hydrogen (secondary N) is 1. The van der Waals surface area contributed by atoms with Crippen molar-refractivity contribution in [3.05, 3.63) is 47.2 Å². The minimum Gasteiger partial charge on any atom is -0.477 e. The van der Waals surface area contributed by atoms with Gasteiger partial charge in [-0.25, -0.2) is 9.59 Å². The van der Waals surface area contributed by atoms with Crippen molar-refractivity contribution in [2.45, 2.75) is 18.0 Å². The maximum absolute atomic E-state index is 12.2. The van der Waals surface area contributed by atoms with E-state index < -0.39 is 36.0 Å². The molecule has 3 rings (SSSR count). The lowest BCUT2D eigenvalue weighted by molar-refractivity contribution is -0.149. The van der Waals surface area contributed by atoms with E-state index in [0.717, 1.165) is 10.5 Å². The van der Waals surface area contributed by atoms with Crippen LogP contribution >= 0.6 is 11.8 Å². The van der Waals surface area contributed by atoms with E-state index in [2.05, 4.69) is 5.32 Å². The first-order chi connectivity index (χ1) is 12.0. The van der Waals surface area contributed by atoms with Crippen LogP contribution in [0.3, 0.4) is 0 Å². The van der Waals surface area contributed by atoms with Gasteiger partial charge in [-0.3, -0.25) is 9.69 Å². The fourth-order valence-corrected chi connectivity index (χ4v) is 4.03. The number of carboxylic acids is 1. The highest BCUT2D eigenvalue weighted by Gasteiger charge is 2.54. The zero-order chi connectivity index (χ0) is 18.0. The fourth-order valence-electron chi connectivity index (χ4n) is 2.70. The van der Waals surface area contributed by atoms with Gasteiger partial charge in [0.2, 0.25) is 0 Å². The number of carbonyl (C=O) groups is 3. The van der Waals surface area contributed by atoms with Gasteiger partial charge >= 0.3 is 12.1 Å². The summed E-state index contributed by atoms with van der Waals surface area (Å²) in [4.78, 5) is 36.6. The Balaban J connectivity index is 1.61. The number of ether oxygens (including phenoxy) is 1.